The molecule has 0 radical (unpaired) electrons. The fourth-order valence-electron chi connectivity index (χ4n) is 5.67. The van der Waals surface area contributed by atoms with E-state index >= 15 is 0 Å². The Hall–Kier alpha value is -2.14. The Labute approximate surface area is 216 Å². The molecule has 36 heavy (non-hydrogen) atoms. The van der Waals surface area contributed by atoms with Crippen molar-refractivity contribution in [2.45, 2.75) is 44.2 Å². The molecule has 2 aromatic rings. The van der Waals surface area contributed by atoms with Crippen LogP contribution in [0, 0.1) is 17.8 Å². The Kier molecular flexibility index (Phi) is 6.47. The van der Waals surface area contributed by atoms with Crippen LogP contribution in [0.1, 0.15) is 38.1 Å². The number of halogens is 1. The van der Waals surface area contributed by atoms with Crippen LogP contribution in [0.4, 0.5) is 11.4 Å². The van der Waals surface area contributed by atoms with Crippen LogP contribution in [0.25, 0.3) is 0 Å². The molecular weight excluding hydrogens is 502 g/mol. The van der Waals surface area contributed by atoms with Crippen LogP contribution in [0.15, 0.2) is 41.3 Å². The molecule has 0 bridgehead atoms. The van der Waals surface area contributed by atoms with Gasteiger partial charge in [0.1, 0.15) is 5.02 Å². The molecule has 2 saturated heterocycles. The van der Waals surface area contributed by atoms with E-state index in [4.69, 9.17) is 16.3 Å². The highest BCUT2D eigenvalue weighted by Gasteiger charge is 2.46. The first kappa shape index (κ1) is 24.2. The smallest absolute Gasteiger partial charge is 0.304 e. The Balaban J connectivity index is 1.11. The summed E-state index contributed by atoms with van der Waals surface area (Å²) < 4.78 is 37.3. The van der Waals surface area contributed by atoms with Crippen molar-refractivity contribution >= 4 is 33.2 Å². The van der Waals surface area contributed by atoms with Crippen molar-refractivity contribution in [3.63, 3.8) is 0 Å². The molecule has 0 spiro atoms. The maximum Gasteiger partial charge on any atom is 0.304 e. The van der Waals surface area contributed by atoms with Crippen molar-refractivity contribution in [3.8, 4) is 0 Å². The molecule has 4 fully saturated rings. The molecule has 0 unspecified atom stereocenters. The van der Waals surface area contributed by atoms with Crippen molar-refractivity contribution < 1.29 is 13.2 Å². The molecule has 194 valence electrons. The molecule has 11 heteroatoms. The predicted octanol–water partition coefficient (Wildman–Crippen LogP) is 3.14. The SMILES string of the molecule is O=c1c(Cl)c(NC[C@@H]2COC[C@H]3C[C@@H]23)cnn1C1CCN(S(=O)(=O)N(c2ccccc2)C2CC2)CC1. The number of ether oxygens (including phenoxy) is 1. The number of piperidine rings is 1. The van der Waals surface area contributed by atoms with E-state index in [1.807, 2.05) is 30.3 Å². The summed E-state index contributed by atoms with van der Waals surface area (Å²) in [5.41, 5.74) is 0.909. The van der Waals surface area contributed by atoms with Crippen molar-refractivity contribution in [2.24, 2.45) is 17.8 Å². The summed E-state index contributed by atoms with van der Waals surface area (Å²) in [5, 5.41) is 7.85. The lowest BCUT2D eigenvalue weighted by molar-refractivity contribution is 0.0517. The Morgan fingerprint density at radius 1 is 1.11 bits per heavy atom. The number of benzene rings is 1. The first-order valence-electron chi connectivity index (χ1n) is 12.9. The zero-order chi connectivity index (χ0) is 24.9. The normalized spacial score (nSPS) is 26.9. The van der Waals surface area contributed by atoms with Gasteiger partial charge in [0.2, 0.25) is 0 Å². The Morgan fingerprint density at radius 2 is 1.86 bits per heavy atom. The van der Waals surface area contributed by atoms with Crippen LogP contribution >= 0.6 is 11.6 Å². The maximum absolute atomic E-state index is 13.5. The molecule has 6 rings (SSSR count). The molecule has 2 aliphatic carbocycles. The van der Waals surface area contributed by atoms with Crippen molar-refractivity contribution in [2.75, 3.05) is 42.5 Å². The van der Waals surface area contributed by atoms with Crippen LogP contribution in [0.5, 0.6) is 0 Å². The van der Waals surface area contributed by atoms with Gasteiger partial charge in [0.15, 0.2) is 0 Å². The molecule has 1 N–H and O–H groups in total. The van der Waals surface area contributed by atoms with E-state index in [9.17, 15) is 13.2 Å². The van der Waals surface area contributed by atoms with Gasteiger partial charge >= 0.3 is 10.2 Å². The Morgan fingerprint density at radius 3 is 2.58 bits per heavy atom. The molecule has 1 aromatic carbocycles. The third-order valence-electron chi connectivity index (χ3n) is 7.98. The molecule has 2 aliphatic heterocycles. The molecule has 2 saturated carbocycles. The summed E-state index contributed by atoms with van der Waals surface area (Å²) in [7, 11) is -3.65. The second-order valence-corrected chi connectivity index (χ2v) is 12.6. The van der Waals surface area contributed by atoms with Gasteiger partial charge in [-0.05, 0) is 56.1 Å². The van der Waals surface area contributed by atoms with E-state index in [1.165, 1.54) is 15.4 Å². The number of para-hydroxylation sites is 1. The van der Waals surface area contributed by atoms with E-state index in [2.05, 4.69) is 10.4 Å². The summed E-state index contributed by atoms with van der Waals surface area (Å²) >= 11 is 6.45. The van der Waals surface area contributed by atoms with Gasteiger partial charge in [-0.2, -0.15) is 17.8 Å². The van der Waals surface area contributed by atoms with Gasteiger partial charge in [-0.15, -0.1) is 0 Å². The zero-order valence-electron chi connectivity index (χ0n) is 20.1. The fourth-order valence-corrected chi connectivity index (χ4v) is 7.77. The van der Waals surface area contributed by atoms with Gasteiger partial charge in [0.05, 0.1) is 30.2 Å². The van der Waals surface area contributed by atoms with Crippen LogP contribution < -0.4 is 15.2 Å². The first-order chi connectivity index (χ1) is 17.4. The second-order valence-electron chi connectivity index (χ2n) is 10.5. The number of nitrogens with zero attached hydrogens (tertiary/aromatic N) is 4. The summed E-state index contributed by atoms with van der Waals surface area (Å²) in [6.45, 7) is 2.98. The minimum atomic E-state index is -3.65. The standard InChI is InChI=1S/C25H32ClN5O4S/c26-24-23(27-13-18-16-35-15-17-12-22(17)18)14-28-30(25(24)32)19-8-10-29(11-9-19)36(33,34)31(21-6-7-21)20-4-2-1-3-5-20/h1-5,14,17-19,21-22,27H,6-13,15-16H2/t17-,18-,22-/m1/s1. The number of anilines is 2. The summed E-state index contributed by atoms with van der Waals surface area (Å²) in [5.74, 6) is 1.82. The summed E-state index contributed by atoms with van der Waals surface area (Å²) in [6, 6.07) is 9.11. The first-order valence-corrected chi connectivity index (χ1v) is 14.6. The minimum Gasteiger partial charge on any atom is -0.382 e. The summed E-state index contributed by atoms with van der Waals surface area (Å²) in [4.78, 5) is 13.0. The van der Waals surface area contributed by atoms with Gasteiger partial charge in [-0.3, -0.25) is 9.10 Å². The maximum atomic E-state index is 13.5. The highest BCUT2D eigenvalue weighted by molar-refractivity contribution is 7.90. The number of hydrogen-bond acceptors (Lipinski definition) is 6. The topological polar surface area (TPSA) is 96.8 Å². The number of nitrogens with one attached hydrogen (secondary N) is 1. The van der Waals surface area contributed by atoms with Crippen molar-refractivity contribution in [1.29, 1.82) is 0 Å². The van der Waals surface area contributed by atoms with Gasteiger partial charge in [-0.25, -0.2) is 4.68 Å². The van der Waals surface area contributed by atoms with E-state index in [-0.39, 0.29) is 22.7 Å². The third-order valence-corrected chi connectivity index (χ3v) is 10.4. The van der Waals surface area contributed by atoms with Gasteiger partial charge in [0.25, 0.3) is 5.56 Å². The molecule has 9 nitrogen and oxygen atoms in total. The predicted molar refractivity (Wildman–Crippen MR) is 139 cm³/mol. The van der Waals surface area contributed by atoms with E-state index < -0.39 is 10.2 Å². The molecule has 4 aliphatic rings. The van der Waals surface area contributed by atoms with E-state index in [0.29, 0.717) is 61.6 Å². The van der Waals surface area contributed by atoms with E-state index in [1.54, 1.807) is 10.5 Å². The number of aromatic nitrogens is 2. The second kappa shape index (κ2) is 9.63. The molecular formula is C25H32ClN5O4S. The average Bonchev–Trinajstić information content (AvgIpc) is 3.81. The molecule has 0 amide bonds. The zero-order valence-corrected chi connectivity index (χ0v) is 21.7. The van der Waals surface area contributed by atoms with Gasteiger partial charge in [-0.1, -0.05) is 29.8 Å². The highest BCUT2D eigenvalue weighted by atomic mass is 35.5. The quantitative estimate of drug-likeness (QED) is 0.560. The van der Waals surface area contributed by atoms with Crippen LogP contribution in [0.3, 0.4) is 0 Å². The van der Waals surface area contributed by atoms with Crippen LogP contribution in [0.2, 0.25) is 5.02 Å². The lowest BCUT2D eigenvalue weighted by Gasteiger charge is -2.36. The van der Waals surface area contributed by atoms with Crippen molar-refractivity contribution in [1.82, 2.24) is 14.1 Å². The fraction of sp³-hybridized carbons (Fsp3) is 0.600. The highest BCUT2D eigenvalue weighted by Crippen LogP contribution is 2.47. The Bertz CT molecular complexity index is 1260. The molecule has 1 aromatic heterocycles. The van der Waals surface area contributed by atoms with Gasteiger partial charge < -0.3 is 10.1 Å². The largest absolute Gasteiger partial charge is 0.382 e. The van der Waals surface area contributed by atoms with Gasteiger partial charge in [0, 0.05) is 38.2 Å². The lowest BCUT2D eigenvalue weighted by Crippen LogP contribution is -2.49. The molecule has 3 heterocycles. The van der Waals surface area contributed by atoms with Crippen molar-refractivity contribution in [3.05, 3.63) is 51.9 Å². The number of hydrogen-bond donors (Lipinski definition) is 1. The number of rotatable bonds is 8. The summed E-state index contributed by atoms with van der Waals surface area (Å²) in [6.07, 6.45) is 5.59. The lowest BCUT2D eigenvalue weighted by atomic mass is 10.0. The van der Waals surface area contributed by atoms with Crippen LogP contribution in [-0.4, -0.2) is 61.4 Å². The minimum absolute atomic E-state index is 0.0178. The van der Waals surface area contributed by atoms with E-state index in [0.717, 1.165) is 26.1 Å². The molecule has 3 atom stereocenters. The van der Waals surface area contributed by atoms with Crippen LogP contribution in [-0.2, 0) is 14.9 Å². The monoisotopic (exact) mass is 533 g/mol. The average molecular weight is 534 g/mol. The third kappa shape index (κ3) is 4.64. The number of fused-ring (bicyclic) bond motifs is 1.